The van der Waals surface area contributed by atoms with Crippen molar-refractivity contribution in [2.75, 3.05) is 37.1 Å². The van der Waals surface area contributed by atoms with Crippen LogP contribution in [-0.4, -0.2) is 32.5 Å². The molecule has 0 radical (unpaired) electrons. The lowest BCUT2D eigenvalue weighted by Crippen LogP contribution is -2.32. The second-order valence-electron chi connectivity index (χ2n) is 7.32. The number of ether oxygens (including phenoxy) is 2. The minimum Gasteiger partial charge on any atom is -0.493 e. The molecule has 0 spiro atoms. The molecule has 0 saturated heterocycles. The number of nitrogen functional groups attached to an aromatic ring is 1. The number of rotatable bonds is 9. The zero-order valence-corrected chi connectivity index (χ0v) is 17.8. The summed E-state index contributed by atoms with van der Waals surface area (Å²) < 4.78 is 24.0. The van der Waals surface area contributed by atoms with Crippen molar-refractivity contribution in [3.63, 3.8) is 0 Å². The fourth-order valence-corrected chi connectivity index (χ4v) is 2.68. The van der Waals surface area contributed by atoms with Gasteiger partial charge in [-0.2, -0.15) is 0 Å². The van der Waals surface area contributed by atoms with Gasteiger partial charge >= 0.3 is 6.03 Å². The van der Waals surface area contributed by atoms with Crippen molar-refractivity contribution in [3.8, 4) is 11.5 Å². The molecule has 0 aliphatic carbocycles. The first kappa shape index (κ1) is 22.9. The molecule has 2 amide bonds. The Labute approximate surface area is 176 Å². The number of nitrogens with one attached hydrogen (secondary N) is 3. The minimum absolute atomic E-state index is 0.241. The molecular formula is C22H29FN4O3. The summed E-state index contributed by atoms with van der Waals surface area (Å²) in [5, 5.41) is 8.51. The van der Waals surface area contributed by atoms with E-state index in [1.807, 2.05) is 0 Å². The first-order valence-electron chi connectivity index (χ1n) is 9.44. The first-order chi connectivity index (χ1) is 14.1. The van der Waals surface area contributed by atoms with E-state index in [1.54, 1.807) is 50.6 Å². The maximum atomic E-state index is 13.4. The Balaban J connectivity index is 1.97. The van der Waals surface area contributed by atoms with E-state index < -0.39 is 5.67 Å². The van der Waals surface area contributed by atoms with E-state index in [-0.39, 0.29) is 19.0 Å². The molecule has 0 aliphatic rings. The predicted molar refractivity (Wildman–Crippen MR) is 120 cm³/mol. The molecule has 2 aromatic rings. The molecule has 8 heteroatoms. The van der Waals surface area contributed by atoms with Crippen molar-refractivity contribution in [2.45, 2.75) is 25.9 Å². The molecule has 0 aromatic heterocycles. The molecule has 2 aromatic carbocycles. The number of halogens is 1. The molecule has 0 bridgehead atoms. The molecule has 2 rings (SSSR count). The molecule has 0 aliphatic heterocycles. The molecule has 0 unspecified atom stereocenters. The highest BCUT2D eigenvalue weighted by molar-refractivity contribution is 5.90. The number of carbonyl (C=O) groups is 1. The molecule has 5 N–H and O–H groups in total. The number of amides is 2. The van der Waals surface area contributed by atoms with Crippen LogP contribution in [0.15, 0.2) is 43.0 Å². The first-order valence-corrected chi connectivity index (χ1v) is 9.44. The number of benzene rings is 2. The summed E-state index contributed by atoms with van der Waals surface area (Å²) in [6.07, 6.45) is 0.241. The highest BCUT2D eigenvalue weighted by Gasteiger charge is 2.15. The van der Waals surface area contributed by atoms with Crippen molar-refractivity contribution < 1.29 is 18.7 Å². The normalized spacial score (nSPS) is 10.8. The van der Waals surface area contributed by atoms with Gasteiger partial charge in [0.15, 0.2) is 11.5 Å². The van der Waals surface area contributed by atoms with Crippen LogP contribution >= 0.6 is 0 Å². The van der Waals surface area contributed by atoms with Gasteiger partial charge in [0.2, 0.25) is 0 Å². The van der Waals surface area contributed by atoms with Gasteiger partial charge in [-0.3, -0.25) is 0 Å². The summed E-state index contributed by atoms with van der Waals surface area (Å²) in [5.41, 5.74) is 7.92. The molecular weight excluding hydrogens is 387 g/mol. The van der Waals surface area contributed by atoms with Crippen molar-refractivity contribution >= 4 is 28.8 Å². The van der Waals surface area contributed by atoms with Crippen molar-refractivity contribution in [3.05, 3.63) is 48.5 Å². The quantitative estimate of drug-likeness (QED) is 0.447. The summed E-state index contributed by atoms with van der Waals surface area (Å²) in [4.78, 5) is 11.9. The standard InChI is InChI=1S/C22H29FN4O3/c1-14(17-12-19(29-4)20(30-5)13-18(17)24)26-15-6-8-16(9-7-15)27-21(28)25-11-10-22(2,3)23/h6-9,12-13,26H,1,10-11,24H2,2-5H3,(H2,25,27,28). The van der Waals surface area contributed by atoms with E-state index in [2.05, 4.69) is 22.5 Å². The van der Waals surface area contributed by atoms with E-state index in [9.17, 15) is 9.18 Å². The summed E-state index contributed by atoms with van der Waals surface area (Å²) in [6.45, 7) is 7.24. The third kappa shape index (κ3) is 6.58. The minimum atomic E-state index is -1.32. The summed E-state index contributed by atoms with van der Waals surface area (Å²) >= 11 is 0. The SMILES string of the molecule is C=C(Nc1ccc(NC(=O)NCCC(C)(C)F)cc1)c1cc(OC)c(OC)cc1N. The maximum Gasteiger partial charge on any atom is 0.319 e. The highest BCUT2D eigenvalue weighted by atomic mass is 19.1. The average Bonchev–Trinajstić information content (AvgIpc) is 2.68. The Kier molecular flexibility index (Phi) is 7.52. The number of hydrogen-bond acceptors (Lipinski definition) is 5. The summed E-state index contributed by atoms with van der Waals surface area (Å²) in [5.74, 6) is 1.08. The zero-order chi connectivity index (χ0) is 22.3. The number of urea groups is 1. The van der Waals surface area contributed by atoms with Crippen molar-refractivity contribution in [2.24, 2.45) is 0 Å². The summed E-state index contributed by atoms with van der Waals surface area (Å²) in [7, 11) is 3.09. The Hall–Kier alpha value is -3.42. The van der Waals surface area contributed by atoms with Crippen molar-refractivity contribution in [1.82, 2.24) is 5.32 Å². The van der Waals surface area contributed by atoms with Gasteiger partial charge < -0.3 is 31.2 Å². The average molecular weight is 416 g/mol. The lowest BCUT2D eigenvalue weighted by Gasteiger charge is -2.16. The van der Waals surface area contributed by atoms with E-state index in [0.29, 0.717) is 34.1 Å². The molecule has 0 fully saturated rings. The number of nitrogens with two attached hydrogens (primary N) is 1. The lowest BCUT2D eigenvalue weighted by atomic mass is 10.1. The van der Waals surface area contributed by atoms with Gasteiger partial charge in [0.1, 0.15) is 5.67 Å². The second-order valence-corrected chi connectivity index (χ2v) is 7.32. The van der Waals surface area contributed by atoms with E-state index >= 15 is 0 Å². The number of carbonyl (C=O) groups excluding carboxylic acids is 1. The fraction of sp³-hybridized carbons (Fsp3) is 0.318. The van der Waals surface area contributed by atoms with Gasteiger partial charge in [-0.05, 0) is 50.6 Å². The van der Waals surface area contributed by atoms with E-state index in [0.717, 1.165) is 5.69 Å². The molecule has 7 nitrogen and oxygen atoms in total. The van der Waals surface area contributed by atoms with Crippen LogP contribution in [-0.2, 0) is 0 Å². The topological polar surface area (TPSA) is 97.6 Å². The third-order valence-corrected chi connectivity index (χ3v) is 4.32. The highest BCUT2D eigenvalue weighted by Crippen LogP contribution is 2.35. The van der Waals surface area contributed by atoms with Crippen LogP contribution in [0.3, 0.4) is 0 Å². The number of anilines is 3. The number of hydrogen-bond donors (Lipinski definition) is 4. The van der Waals surface area contributed by atoms with E-state index in [1.165, 1.54) is 13.8 Å². The van der Waals surface area contributed by atoms with Crippen LogP contribution in [0.2, 0.25) is 0 Å². The molecule has 30 heavy (non-hydrogen) atoms. The molecule has 0 saturated carbocycles. The third-order valence-electron chi connectivity index (χ3n) is 4.32. The second kappa shape index (κ2) is 9.87. The molecule has 0 atom stereocenters. The van der Waals surface area contributed by atoms with Crippen LogP contribution in [0.25, 0.3) is 5.70 Å². The van der Waals surface area contributed by atoms with Crippen LogP contribution in [0.5, 0.6) is 11.5 Å². The number of methoxy groups -OCH3 is 2. The van der Waals surface area contributed by atoms with Gasteiger partial charge in [0, 0.05) is 40.9 Å². The lowest BCUT2D eigenvalue weighted by molar-refractivity contribution is 0.200. The van der Waals surface area contributed by atoms with Gasteiger partial charge in [-0.25, -0.2) is 9.18 Å². The van der Waals surface area contributed by atoms with Gasteiger partial charge in [0.25, 0.3) is 0 Å². The molecule has 0 heterocycles. The smallest absolute Gasteiger partial charge is 0.319 e. The van der Waals surface area contributed by atoms with Crippen LogP contribution in [0, 0.1) is 0 Å². The predicted octanol–water partition coefficient (Wildman–Crippen LogP) is 4.63. The van der Waals surface area contributed by atoms with Gasteiger partial charge in [-0.1, -0.05) is 6.58 Å². The summed E-state index contributed by atoms with van der Waals surface area (Å²) in [6, 6.07) is 10.1. The van der Waals surface area contributed by atoms with Crippen molar-refractivity contribution in [1.29, 1.82) is 0 Å². The van der Waals surface area contributed by atoms with Gasteiger partial charge in [0.05, 0.1) is 14.2 Å². The van der Waals surface area contributed by atoms with Gasteiger partial charge in [-0.15, -0.1) is 0 Å². The fourth-order valence-electron chi connectivity index (χ4n) is 2.68. The van der Waals surface area contributed by atoms with Crippen LogP contribution in [0.4, 0.5) is 26.2 Å². The van der Waals surface area contributed by atoms with Crippen LogP contribution < -0.4 is 31.2 Å². The number of alkyl halides is 1. The van der Waals surface area contributed by atoms with Crippen LogP contribution in [0.1, 0.15) is 25.8 Å². The Morgan fingerprint density at radius 2 is 1.60 bits per heavy atom. The van der Waals surface area contributed by atoms with E-state index in [4.69, 9.17) is 15.2 Å². The Morgan fingerprint density at radius 1 is 1.07 bits per heavy atom. The Morgan fingerprint density at radius 3 is 2.13 bits per heavy atom. The molecule has 162 valence electrons. The monoisotopic (exact) mass is 416 g/mol. The maximum absolute atomic E-state index is 13.4. The Bertz CT molecular complexity index is 892. The zero-order valence-electron chi connectivity index (χ0n) is 17.8. The largest absolute Gasteiger partial charge is 0.493 e.